The van der Waals surface area contributed by atoms with Gasteiger partial charge in [-0.15, -0.1) is 0 Å². The van der Waals surface area contributed by atoms with Crippen molar-refractivity contribution in [1.82, 2.24) is 16.0 Å². The van der Waals surface area contributed by atoms with Gasteiger partial charge in [0, 0.05) is 19.3 Å². The second kappa shape index (κ2) is 16.3. The molecule has 14 nitrogen and oxygen atoms in total. The van der Waals surface area contributed by atoms with Gasteiger partial charge in [0.2, 0.25) is 17.7 Å². The third-order valence-electron chi connectivity index (χ3n) is 6.19. The van der Waals surface area contributed by atoms with Crippen molar-refractivity contribution < 1.29 is 49.2 Å². The SMILES string of the molecule is NC(Cc1ccccc1)C(=O)NC(Cc1ccc(O)cc1)C(=O)NC(CCC(=O)O)C(=O)NC(CCC(=O)O)C(=O)O. The van der Waals surface area contributed by atoms with Crippen LogP contribution >= 0.6 is 0 Å². The molecule has 4 atom stereocenters. The van der Waals surface area contributed by atoms with Crippen molar-refractivity contribution in [2.45, 2.75) is 62.7 Å². The van der Waals surface area contributed by atoms with Gasteiger partial charge in [-0.3, -0.25) is 24.0 Å². The van der Waals surface area contributed by atoms with Crippen molar-refractivity contribution in [3.63, 3.8) is 0 Å². The molecule has 14 heteroatoms. The lowest BCUT2D eigenvalue weighted by Gasteiger charge is -2.25. The summed E-state index contributed by atoms with van der Waals surface area (Å²) in [5.74, 6) is -6.73. The normalized spacial score (nSPS) is 13.5. The summed E-state index contributed by atoms with van der Waals surface area (Å²) in [6.07, 6.45) is -1.94. The number of aliphatic carboxylic acids is 3. The number of amides is 3. The monoisotopic (exact) mass is 586 g/mol. The zero-order valence-electron chi connectivity index (χ0n) is 22.6. The lowest BCUT2D eigenvalue weighted by atomic mass is 10.0. The van der Waals surface area contributed by atoms with Crippen molar-refractivity contribution in [2.24, 2.45) is 5.73 Å². The van der Waals surface area contributed by atoms with Gasteiger partial charge in [0.15, 0.2) is 0 Å². The molecule has 226 valence electrons. The number of nitrogens with two attached hydrogens (primary N) is 1. The molecule has 0 aliphatic carbocycles. The van der Waals surface area contributed by atoms with Crippen molar-refractivity contribution >= 4 is 35.6 Å². The first-order chi connectivity index (χ1) is 19.8. The Morgan fingerprint density at radius 2 is 1.10 bits per heavy atom. The van der Waals surface area contributed by atoms with E-state index in [2.05, 4.69) is 16.0 Å². The molecule has 0 fully saturated rings. The van der Waals surface area contributed by atoms with E-state index in [0.717, 1.165) is 5.56 Å². The average Bonchev–Trinajstić information content (AvgIpc) is 2.93. The molecule has 0 radical (unpaired) electrons. The topological polar surface area (TPSA) is 245 Å². The Morgan fingerprint density at radius 1 is 0.619 bits per heavy atom. The van der Waals surface area contributed by atoms with Crippen LogP contribution in [-0.2, 0) is 41.6 Å². The largest absolute Gasteiger partial charge is 0.508 e. The Bertz CT molecular complexity index is 1250. The fraction of sp³-hybridized carbons (Fsp3) is 0.357. The van der Waals surface area contributed by atoms with Gasteiger partial charge in [-0.25, -0.2) is 4.79 Å². The molecule has 9 N–H and O–H groups in total. The number of carboxylic acid groups (broad SMARTS) is 3. The predicted octanol–water partition coefficient (Wildman–Crippen LogP) is -0.227. The summed E-state index contributed by atoms with van der Waals surface area (Å²) in [5, 5.41) is 44.0. The van der Waals surface area contributed by atoms with Gasteiger partial charge in [0.25, 0.3) is 0 Å². The number of aromatic hydroxyl groups is 1. The molecule has 0 aromatic heterocycles. The third kappa shape index (κ3) is 11.6. The number of carboxylic acids is 3. The highest BCUT2D eigenvalue weighted by molar-refractivity contribution is 5.94. The highest BCUT2D eigenvalue weighted by Crippen LogP contribution is 2.13. The summed E-state index contributed by atoms with van der Waals surface area (Å²) in [7, 11) is 0. The maximum atomic E-state index is 13.4. The van der Waals surface area contributed by atoms with E-state index < -0.39 is 85.5 Å². The molecule has 2 aromatic carbocycles. The van der Waals surface area contributed by atoms with E-state index in [9.17, 15) is 39.0 Å². The summed E-state index contributed by atoms with van der Waals surface area (Å²) in [6.45, 7) is 0. The highest BCUT2D eigenvalue weighted by Gasteiger charge is 2.31. The average molecular weight is 587 g/mol. The number of benzene rings is 2. The molecule has 0 aliphatic rings. The first-order valence-corrected chi connectivity index (χ1v) is 13.0. The van der Waals surface area contributed by atoms with E-state index >= 15 is 0 Å². The summed E-state index contributed by atoms with van der Waals surface area (Å²) in [4.78, 5) is 72.9. The molecule has 0 saturated carbocycles. The van der Waals surface area contributed by atoms with E-state index in [0.29, 0.717) is 5.56 Å². The summed E-state index contributed by atoms with van der Waals surface area (Å²) in [5.41, 5.74) is 7.37. The number of rotatable bonds is 17. The molecule has 3 amide bonds. The van der Waals surface area contributed by atoms with Crippen LogP contribution in [0.1, 0.15) is 36.8 Å². The molecular formula is C28H34N4O10. The standard InChI is InChI=1S/C28H34N4O10/c29-19(14-16-4-2-1-3-5-16)25(38)32-22(15-17-6-8-18(33)9-7-17)27(40)30-20(10-12-23(34)35)26(39)31-21(28(41)42)11-13-24(36)37/h1-9,19-22,33H,10-15,29H2,(H,30,40)(H,31,39)(H,32,38)(H,34,35)(H,36,37)(H,41,42). The minimum Gasteiger partial charge on any atom is -0.508 e. The van der Waals surface area contributed by atoms with Gasteiger partial charge < -0.3 is 42.1 Å². The summed E-state index contributed by atoms with van der Waals surface area (Å²) in [6, 6.07) is 9.21. The molecule has 4 unspecified atom stereocenters. The maximum absolute atomic E-state index is 13.4. The van der Waals surface area contributed by atoms with Crippen LogP contribution in [0.4, 0.5) is 0 Å². The second-order valence-electron chi connectivity index (χ2n) is 9.55. The molecule has 2 aromatic rings. The van der Waals surface area contributed by atoms with Crippen LogP contribution in [0.5, 0.6) is 5.75 Å². The number of hydrogen-bond donors (Lipinski definition) is 8. The molecule has 42 heavy (non-hydrogen) atoms. The molecule has 2 rings (SSSR count). The van der Waals surface area contributed by atoms with Crippen LogP contribution in [0, 0.1) is 0 Å². The minimum absolute atomic E-state index is 0.0324. The number of carbonyl (C=O) groups is 6. The van der Waals surface area contributed by atoms with Gasteiger partial charge >= 0.3 is 17.9 Å². The van der Waals surface area contributed by atoms with Crippen LogP contribution in [-0.4, -0.2) is 80.2 Å². The van der Waals surface area contributed by atoms with Crippen LogP contribution in [0.25, 0.3) is 0 Å². The predicted molar refractivity (Wildman–Crippen MR) is 147 cm³/mol. The third-order valence-corrected chi connectivity index (χ3v) is 6.19. The molecule has 0 bridgehead atoms. The van der Waals surface area contributed by atoms with E-state index in [1.165, 1.54) is 24.3 Å². The van der Waals surface area contributed by atoms with E-state index in [1.807, 2.05) is 0 Å². The Kier molecular flexibility index (Phi) is 12.9. The molecule has 0 saturated heterocycles. The molecule has 0 heterocycles. The lowest BCUT2D eigenvalue weighted by molar-refractivity contribution is -0.144. The zero-order chi connectivity index (χ0) is 31.2. The number of phenols is 1. The van der Waals surface area contributed by atoms with Gasteiger partial charge in [-0.05, 0) is 42.5 Å². The number of nitrogens with one attached hydrogen (secondary N) is 3. The Labute approximate surface area is 240 Å². The van der Waals surface area contributed by atoms with E-state index in [1.54, 1.807) is 30.3 Å². The van der Waals surface area contributed by atoms with Crippen LogP contribution in [0.2, 0.25) is 0 Å². The van der Waals surface area contributed by atoms with E-state index in [-0.39, 0.29) is 18.6 Å². The first kappa shape index (κ1) is 33.2. The Hall–Kier alpha value is -4.98. The fourth-order valence-electron chi connectivity index (χ4n) is 3.92. The smallest absolute Gasteiger partial charge is 0.326 e. The Morgan fingerprint density at radius 3 is 1.64 bits per heavy atom. The second-order valence-corrected chi connectivity index (χ2v) is 9.55. The fourth-order valence-corrected chi connectivity index (χ4v) is 3.92. The van der Waals surface area contributed by atoms with Crippen LogP contribution < -0.4 is 21.7 Å². The number of phenolic OH excluding ortho intramolecular Hbond substituents is 1. The number of hydrogen-bond acceptors (Lipinski definition) is 8. The molecular weight excluding hydrogens is 552 g/mol. The van der Waals surface area contributed by atoms with Crippen molar-refractivity contribution in [3.8, 4) is 5.75 Å². The van der Waals surface area contributed by atoms with Gasteiger partial charge in [-0.2, -0.15) is 0 Å². The molecule has 0 spiro atoms. The first-order valence-electron chi connectivity index (χ1n) is 13.0. The lowest BCUT2D eigenvalue weighted by Crippen LogP contribution is -2.57. The van der Waals surface area contributed by atoms with Crippen molar-refractivity contribution in [3.05, 3.63) is 65.7 Å². The molecule has 0 aliphatic heterocycles. The quantitative estimate of drug-likeness (QED) is 0.120. The van der Waals surface area contributed by atoms with Crippen molar-refractivity contribution in [2.75, 3.05) is 0 Å². The van der Waals surface area contributed by atoms with Crippen molar-refractivity contribution in [1.29, 1.82) is 0 Å². The van der Waals surface area contributed by atoms with Gasteiger partial charge in [0.05, 0.1) is 6.04 Å². The summed E-state index contributed by atoms with van der Waals surface area (Å²) >= 11 is 0. The van der Waals surface area contributed by atoms with Gasteiger partial charge in [-0.1, -0.05) is 42.5 Å². The Balaban J connectivity index is 2.25. The van der Waals surface area contributed by atoms with E-state index in [4.69, 9.17) is 15.9 Å². The van der Waals surface area contributed by atoms with Crippen LogP contribution in [0.3, 0.4) is 0 Å². The maximum Gasteiger partial charge on any atom is 0.326 e. The zero-order valence-corrected chi connectivity index (χ0v) is 22.6. The van der Waals surface area contributed by atoms with Crippen LogP contribution in [0.15, 0.2) is 54.6 Å². The van der Waals surface area contributed by atoms with Gasteiger partial charge in [0.1, 0.15) is 23.9 Å². The highest BCUT2D eigenvalue weighted by atomic mass is 16.4. The minimum atomic E-state index is -1.61. The summed E-state index contributed by atoms with van der Waals surface area (Å²) < 4.78 is 0. The number of carbonyl (C=O) groups excluding carboxylic acids is 3.